The molecule has 0 saturated heterocycles. The monoisotopic (exact) mass is 474 g/mol. The summed E-state index contributed by atoms with van der Waals surface area (Å²) >= 11 is 0. The molecule has 0 N–H and O–H groups in total. The first-order chi connectivity index (χ1) is 16.1. The Balaban J connectivity index is 1.91. The molecule has 2 heteroatoms. The quantitative estimate of drug-likeness (QED) is 0.380. The van der Waals surface area contributed by atoms with E-state index in [2.05, 4.69) is 117 Å². The maximum atomic E-state index is 6.87. The van der Waals surface area contributed by atoms with E-state index in [9.17, 15) is 0 Å². The molecule has 2 aromatic rings. The molecular formula is C32H46OSi. The van der Waals surface area contributed by atoms with Crippen LogP contribution in [0.15, 0.2) is 48.5 Å². The van der Waals surface area contributed by atoms with Crippen molar-refractivity contribution in [2.45, 2.75) is 97.4 Å². The molecule has 0 aliphatic heterocycles. The molecule has 2 aromatic carbocycles. The Morgan fingerprint density at radius 3 is 2.21 bits per heavy atom. The van der Waals surface area contributed by atoms with Crippen molar-refractivity contribution in [2.75, 3.05) is 0 Å². The zero-order chi connectivity index (χ0) is 24.8. The second kappa shape index (κ2) is 9.34. The van der Waals surface area contributed by atoms with E-state index in [1.165, 1.54) is 29.0 Å². The Hall–Kier alpha value is -1.80. The molecule has 0 radical (unpaired) electrons. The van der Waals surface area contributed by atoms with Gasteiger partial charge in [0, 0.05) is 0 Å². The van der Waals surface area contributed by atoms with Crippen LogP contribution >= 0.6 is 0 Å². The fraction of sp³-hybridized carbons (Fsp3) is 0.562. The van der Waals surface area contributed by atoms with E-state index in [0.29, 0.717) is 29.6 Å². The molecule has 34 heavy (non-hydrogen) atoms. The van der Waals surface area contributed by atoms with Gasteiger partial charge in [-0.15, -0.1) is 0 Å². The van der Waals surface area contributed by atoms with Crippen LogP contribution < -0.4 is 9.92 Å². The van der Waals surface area contributed by atoms with Crippen molar-refractivity contribution in [3.05, 3.63) is 65.2 Å². The third-order valence-corrected chi connectivity index (χ3v) is 15.3. The molecule has 2 aliphatic rings. The van der Waals surface area contributed by atoms with Crippen LogP contribution in [0.25, 0.3) is 6.08 Å². The summed E-state index contributed by atoms with van der Waals surface area (Å²) in [6.45, 7) is 21.3. The molecule has 0 aromatic heterocycles. The van der Waals surface area contributed by atoms with Gasteiger partial charge in [-0.05, 0) is 77.8 Å². The van der Waals surface area contributed by atoms with Crippen molar-refractivity contribution in [2.24, 2.45) is 17.8 Å². The average molecular weight is 475 g/mol. The lowest BCUT2D eigenvalue weighted by Crippen LogP contribution is -2.54. The summed E-state index contributed by atoms with van der Waals surface area (Å²) in [6.07, 6.45) is 5.02. The molecule has 5 atom stereocenters. The second-order valence-electron chi connectivity index (χ2n) is 12.3. The molecule has 1 nitrogen and oxygen atoms in total. The van der Waals surface area contributed by atoms with E-state index in [0.717, 1.165) is 5.54 Å². The van der Waals surface area contributed by atoms with Crippen molar-refractivity contribution in [3.8, 4) is 5.75 Å². The molecule has 1 fully saturated rings. The van der Waals surface area contributed by atoms with E-state index >= 15 is 0 Å². The van der Waals surface area contributed by atoms with Crippen molar-refractivity contribution in [3.63, 3.8) is 0 Å². The van der Waals surface area contributed by atoms with Gasteiger partial charge in [-0.2, -0.15) is 0 Å². The van der Waals surface area contributed by atoms with Crippen LogP contribution in [0.3, 0.4) is 0 Å². The Morgan fingerprint density at radius 2 is 1.59 bits per heavy atom. The number of ether oxygens (including phenoxy) is 1. The highest BCUT2D eigenvalue weighted by Gasteiger charge is 2.56. The maximum Gasteiger partial charge on any atom is 0.122 e. The van der Waals surface area contributed by atoms with Crippen LogP contribution in [0.2, 0.25) is 17.6 Å². The fourth-order valence-electron chi connectivity index (χ4n) is 7.46. The van der Waals surface area contributed by atoms with Gasteiger partial charge in [-0.3, -0.25) is 0 Å². The zero-order valence-electron chi connectivity index (χ0n) is 23.0. The minimum atomic E-state index is -1.92. The molecule has 2 aliphatic carbocycles. The third kappa shape index (κ3) is 4.10. The van der Waals surface area contributed by atoms with Gasteiger partial charge in [-0.25, -0.2) is 0 Å². The first-order valence-corrected chi connectivity index (χ1v) is 16.1. The van der Waals surface area contributed by atoms with E-state index in [1.807, 2.05) is 0 Å². The van der Waals surface area contributed by atoms with Crippen molar-refractivity contribution >= 4 is 19.3 Å². The number of allylic oxidation sites excluding steroid dienone is 1. The SMILES string of the molecule is CC[Si](CC)(c1cccc(C(C)C)c1OC(C)(C)C)C1C(C)C(C)C2c3ccccc3C=CC21. The van der Waals surface area contributed by atoms with Crippen LogP contribution in [0.1, 0.15) is 90.8 Å². The Bertz CT molecular complexity index is 1040. The molecule has 5 unspecified atom stereocenters. The molecule has 0 heterocycles. The van der Waals surface area contributed by atoms with E-state index in [1.54, 1.807) is 10.8 Å². The molecular weight excluding hydrogens is 428 g/mol. The minimum absolute atomic E-state index is 0.206. The lowest BCUT2D eigenvalue weighted by Gasteiger charge is -2.44. The van der Waals surface area contributed by atoms with Crippen LogP contribution in [-0.4, -0.2) is 13.7 Å². The summed E-state index contributed by atoms with van der Waals surface area (Å²) in [5, 5.41) is 1.58. The number of para-hydroxylation sites is 1. The maximum absolute atomic E-state index is 6.87. The van der Waals surface area contributed by atoms with Gasteiger partial charge in [0.2, 0.25) is 0 Å². The van der Waals surface area contributed by atoms with Crippen molar-refractivity contribution in [1.82, 2.24) is 0 Å². The summed E-state index contributed by atoms with van der Waals surface area (Å²) in [7, 11) is -1.92. The molecule has 0 amide bonds. The number of benzene rings is 2. The number of fused-ring (bicyclic) bond motifs is 3. The molecule has 1 saturated carbocycles. The van der Waals surface area contributed by atoms with Crippen LogP contribution in [0.5, 0.6) is 5.75 Å². The van der Waals surface area contributed by atoms with E-state index in [-0.39, 0.29) is 5.60 Å². The van der Waals surface area contributed by atoms with Crippen molar-refractivity contribution < 1.29 is 4.74 Å². The van der Waals surface area contributed by atoms with Crippen LogP contribution in [-0.2, 0) is 0 Å². The summed E-state index contributed by atoms with van der Waals surface area (Å²) in [6, 6.07) is 18.8. The van der Waals surface area contributed by atoms with Gasteiger partial charge in [0.15, 0.2) is 0 Å². The van der Waals surface area contributed by atoms with E-state index in [4.69, 9.17) is 4.74 Å². The standard InChI is InChI=1S/C32H46OSi/c1-10-34(11-2,28-18-14-17-25(21(3)4)30(28)33-32(7,8)9)31-23(6)22(5)29-26-16-13-12-15-24(26)19-20-27(29)31/h12-23,27,29,31H,10-11H2,1-9H3. The first kappa shape index (κ1) is 25.3. The Kier molecular flexibility index (Phi) is 6.95. The average Bonchev–Trinajstić information content (AvgIpc) is 3.06. The van der Waals surface area contributed by atoms with Gasteiger partial charge < -0.3 is 4.74 Å². The minimum Gasteiger partial charge on any atom is -0.488 e. The molecule has 184 valence electrons. The molecule has 0 spiro atoms. The van der Waals surface area contributed by atoms with Crippen LogP contribution in [0, 0.1) is 17.8 Å². The first-order valence-electron chi connectivity index (χ1n) is 13.6. The summed E-state index contributed by atoms with van der Waals surface area (Å²) in [5.74, 6) is 4.30. The number of rotatable bonds is 6. The van der Waals surface area contributed by atoms with Gasteiger partial charge in [0.05, 0.1) is 8.07 Å². The summed E-state index contributed by atoms with van der Waals surface area (Å²) in [5.41, 5.74) is 4.90. The topological polar surface area (TPSA) is 9.23 Å². The highest BCUT2D eigenvalue weighted by Crippen LogP contribution is 2.61. The largest absolute Gasteiger partial charge is 0.488 e. The number of hydrogen-bond acceptors (Lipinski definition) is 1. The number of hydrogen-bond donors (Lipinski definition) is 0. The lowest BCUT2D eigenvalue weighted by molar-refractivity contribution is 0.130. The highest BCUT2D eigenvalue weighted by molar-refractivity contribution is 6.93. The van der Waals surface area contributed by atoms with Gasteiger partial charge in [-0.1, -0.05) is 108 Å². The predicted molar refractivity (Wildman–Crippen MR) is 151 cm³/mol. The predicted octanol–water partition coefficient (Wildman–Crippen LogP) is 8.77. The highest BCUT2D eigenvalue weighted by atomic mass is 28.3. The van der Waals surface area contributed by atoms with Gasteiger partial charge in [0.25, 0.3) is 0 Å². The lowest BCUT2D eigenvalue weighted by atomic mass is 9.77. The normalized spacial score (nSPS) is 26.5. The zero-order valence-corrected chi connectivity index (χ0v) is 24.0. The second-order valence-corrected chi connectivity index (χ2v) is 17.2. The van der Waals surface area contributed by atoms with E-state index < -0.39 is 8.07 Å². The van der Waals surface area contributed by atoms with Gasteiger partial charge in [0.1, 0.15) is 11.4 Å². The third-order valence-electron chi connectivity index (χ3n) is 9.16. The summed E-state index contributed by atoms with van der Waals surface area (Å²) < 4.78 is 6.87. The molecule has 4 rings (SSSR count). The van der Waals surface area contributed by atoms with Crippen molar-refractivity contribution in [1.29, 1.82) is 0 Å². The molecule has 0 bridgehead atoms. The van der Waals surface area contributed by atoms with Crippen LogP contribution in [0.4, 0.5) is 0 Å². The Morgan fingerprint density at radius 1 is 0.912 bits per heavy atom. The smallest absolute Gasteiger partial charge is 0.122 e. The summed E-state index contributed by atoms with van der Waals surface area (Å²) in [4.78, 5) is 0. The van der Waals surface area contributed by atoms with Gasteiger partial charge >= 0.3 is 0 Å². The Labute approximate surface area is 210 Å². The fourth-order valence-corrected chi connectivity index (χ4v) is 13.5.